The van der Waals surface area contributed by atoms with Gasteiger partial charge in [-0.1, -0.05) is 26.0 Å². The number of hydrogen-bond acceptors (Lipinski definition) is 6. The van der Waals surface area contributed by atoms with Crippen LogP contribution < -0.4 is 5.32 Å². The van der Waals surface area contributed by atoms with Gasteiger partial charge in [0.15, 0.2) is 0 Å². The summed E-state index contributed by atoms with van der Waals surface area (Å²) < 4.78 is 28.7. The molecule has 0 saturated carbocycles. The van der Waals surface area contributed by atoms with Crippen molar-refractivity contribution in [2.75, 3.05) is 18.4 Å². The number of anilines is 1. The van der Waals surface area contributed by atoms with Gasteiger partial charge < -0.3 is 10.4 Å². The van der Waals surface area contributed by atoms with Crippen LogP contribution in [0.1, 0.15) is 30.6 Å². The van der Waals surface area contributed by atoms with Crippen LogP contribution in [0.3, 0.4) is 0 Å². The molecule has 2 N–H and O–H groups in total. The molecule has 9 heteroatoms. The second kappa shape index (κ2) is 9.65. The molecule has 3 aromatic carbocycles. The Morgan fingerprint density at radius 1 is 1.03 bits per heavy atom. The van der Waals surface area contributed by atoms with Gasteiger partial charge in [-0.3, -0.25) is 4.79 Å². The minimum Gasteiger partial charge on any atom is -0.507 e. The molecule has 1 saturated heterocycles. The number of piperidine rings is 1. The molecule has 4 aromatic rings. The van der Waals surface area contributed by atoms with Crippen molar-refractivity contribution in [1.29, 1.82) is 0 Å². The molecule has 0 unspecified atom stereocenters. The number of hydrogen-bond donors (Lipinski definition) is 2. The summed E-state index contributed by atoms with van der Waals surface area (Å²) in [5, 5.41) is 14.0. The number of amides is 1. The zero-order valence-electron chi connectivity index (χ0n) is 20.0. The Bertz CT molecular complexity index is 1490. The van der Waals surface area contributed by atoms with Crippen molar-refractivity contribution >= 4 is 43.2 Å². The Labute approximate surface area is 214 Å². The molecule has 1 fully saturated rings. The number of rotatable bonds is 5. The second-order valence-corrected chi connectivity index (χ2v) is 12.4. The average Bonchev–Trinajstić information content (AvgIpc) is 3.27. The number of aromatic hydroxyl groups is 1. The van der Waals surface area contributed by atoms with Crippen molar-refractivity contribution in [1.82, 2.24) is 9.29 Å². The van der Waals surface area contributed by atoms with E-state index in [0.717, 1.165) is 16.6 Å². The molecule has 0 spiro atoms. The van der Waals surface area contributed by atoms with Gasteiger partial charge in [0.25, 0.3) is 5.91 Å². The average molecular weight is 522 g/mol. The van der Waals surface area contributed by atoms with Crippen LogP contribution in [0.5, 0.6) is 5.75 Å². The number of thiazole rings is 1. The zero-order chi connectivity index (χ0) is 25.4. The number of aromatic nitrogens is 1. The van der Waals surface area contributed by atoms with Gasteiger partial charge in [-0.2, -0.15) is 4.31 Å². The molecule has 1 aromatic heterocycles. The number of sulfonamides is 1. The number of carbonyl (C=O) groups excluding carboxylic acids is 1. The molecular formula is C27H27N3O4S2. The van der Waals surface area contributed by atoms with Gasteiger partial charge >= 0.3 is 0 Å². The predicted octanol–water partition coefficient (Wildman–Crippen LogP) is 5.59. The molecule has 0 bridgehead atoms. The third-order valence-corrected chi connectivity index (χ3v) is 9.29. The Kier molecular flexibility index (Phi) is 6.55. The smallest absolute Gasteiger partial charge is 0.255 e. The molecule has 186 valence electrons. The third-order valence-electron chi connectivity index (χ3n) is 6.37. The highest BCUT2D eigenvalue weighted by molar-refractivity contribution is 7.89. The Balaban J connectivity index is 1.30. The molecule has 7 nitrogen and oxygen atoms in total. The highest BCUT2D eigenvalue weighted by Gasteiger charge is 2.31. The molecule has 1 aliphatic rings. The van der Waals surface area contributed by atoms with E-state index in [4.69, 9.17) is 0 Å². The summed E-state index contributed by atoms with van der Waals surface area (Å²) in [7, 11) is -3.61. The number of phenolic OH excluding ortho intramolecular Hbond substituents is 1. The second-order valence-electron chi connectivity index (χ2n) is 9.47. The molecule has 2 atom stereocenters. The predicted molar refractivity (Wildman–Crippen MR) is 143 cm³/mol. The Hall–Kier alpha value is -3.27. The van der Waals surface area contributed by atoms with Gasteiger partial charge in [0, 0.05) is 30.4 Å². The van der Waals surface area contributed by atoms with Crippen molar-refractivity contribution in [2.24, 2.45) is 11.8 Å². The largest absolute Gasteiger partial charge is 0.507 e. The summed E-state index contributed by atoms with van der Waals surface area (Å²) in [5.41, 5.74) is 2.20. The highest BCUT2D eigenvalue weighted by atomic mass is 32.2. The van der Waals surface area contributed by atoms with E-state index in [2.05, 4.69) is 24.1 Å². The monoisotopic (exact) mass is 521 g/mol. The third kappa shape index (κ3) is 4.86. The maximum absolute atomic E-state index is 13.1. The van der Waals surface area contributed by atoms with E-state index < -0.39 is 15.9 Å². The van der Waals surface area contributed by atoms with Gasteiger partial charge in [-0.05, 0) is 66.8 Å². The fraction of sp³-hybridized carbons (Fsp3) is 0.259. The van der Waals surface area contributed by atoms with Crippen LogP contribution in [-0.2, 0) is 10.0 Å². The van der Waals surface area contributed by atoms with Gasteiger partial charge in [-0.15, -0.1) is 11.3 Å². The van der Waals surface area contributed by atoms with Crippen molar-refractivity contribution < 1.29 is 18.3 Å². The number of nitrogens with zero attached hydrogens (tertiary/aromatic N) is 2. The summed E-state index contributed by atoms with van der Waals surface area (Å²) in [5.74, 6) is 0.238. The summed E-state index contributed by atoms with van der Waals surface area (Å²) in [6, 6.07) is 18.6. The first kappa shape index (κ1) is 24.4. The number of para-hydroxylation sites is 1. The van der Waals surface area contributed by atoms with Crippen LogP contribution in [-0.4, -0.2) is 41.8 Å². The first-order chi connectivity index (χ1) is 17.2. The molecule has 0 radical (unpaired) electrons. The Morgan fingerprint density at radius 3 is 2.39 bits per heavy atom. The first-order valence-corrected chi connectivity index (χ1v) is 14.1. The van der Waals surface area contributed by atoms with E-state index in [1.54, 1.807) is 12.1 Å². The van der Waals surface area contributed by atoms with Crippen LogP contribution in [0.4, 0.5) is 5.69 Å². The van der Waals surface area contributed by atoms with Crippen LogP contribution in [0.2, 0.25) is 0 Å². The lowest BCUT2D eigenvalue weighted by Crippen LogP contribution is -2.42. The summed E-state index contributed by atoms with van der Waals surface area (Å²) in [6.45, 7) is 5.14. The number of phenols is 1. The number of fused-ring (bicyclic) bond motifs is 1. The van der Waals surface area contributed by atoms with Gasteiger partial charge in [0.05, 0.1) is 20.7 Å². The minimum atomic E-state index is -3.61. The van der Waals surface area contributed by atoms with Crippen LogP contribution in [0, 0.1) is 11.8 Å². The fourth-order valence-corrected chi connectivity index (χ4v) is 7.39. The zero-order valence-corrected chi connectivity index (χ0v) is 21.6. The number of carbonyl (C=O) groups is 1. The number of benzene rings is 3. The molecule has 1 amide bonds. The van der Waals surface area contributed by atoms with E-state index >= 15 is 0 Å². The summed E-state index contributed by atoms with van der Waals surface area (Å²) in [4.78, 5) is 17.5. The van der Waals surface area contributed by atoms with Crippen molar-refractivity contribution in [2.45, 2.75) is 25.2 Å². The highest BCUT2D eigenvalue weighted by Crippen LogP contribution is 2.36. The minimum absolute atomic E-state index is 0.0123. The number of nitrogens with one attached hydrogen (secondary N) is 1. The SMILES string of the molecule is C[C@@H]1C[C@@H](C)CN(S(=O)(=O)c2ccc(C(=O)Nc3ccc(-c4nc5ccccc5s4)c(O)c3)cc2)C1. The van der Waals surface area contributed by atoms with E-state index in [1.165, 1.54) is 46.0 Å². The van der Waals surface area contributed by atoms with Crippen molar-refractivity contribution in [3.8, 4) is 16.3 Å². The van der Waals surface area contributed by atoms with E-state index in [9.17, 15) is 18.3 Å². The molecule has 36 heavy (non-hydrogen) atoms. The molecular weight excluding hydrogens is 494 g/mol. The lowest BCUT2D eigenvalue weighted by molar-refractivity contribution is 0.102. The van der Waals surface area contributed by atoms with Crippen LogP contribution in [0.25, 0.3) is 20.8 Å². The summed E-state index contributed by atoms with van der Waals surface area (Å²) in [6.07, 6.45) is 1.02. The molecule has 2 heterocycles. The lowest BCUT2D eigenvalue weighted by atomic mass is 9.94. The fourth-order valence-electron chi connectivity index (χ4n) is 4.71. The normalized spacial score (nSPS) is 18.8. The topological polar surface area (TPSA) is 99.6 Å². The van der Waals surface area contributed by atoms with Crippen molar-refractivity contribution in [3.05, 3.63) is 72.3 Å². The van der Waals surface area contributed by atoms with E-state index in [1.807, 2.05) is 24.3 Å². The molecule has 0 aliphatic carbocycles. The van der Waals surface area contributed by atoms with Gasteiger partial charge in [0.1, 0.15) is 10.8 Å². The first-order valence-electron chi connectivity index (χ1n) is 11.8. The van der Waals surface area contributed by atoms with Crippen LogP contribution >= 0.6 is 11.3 Å². The van der Waals surface area contributed by atoms with Crippen molar-refractivity contribution in [3.63, 3.8) is 0 Å². The Morgan fingerprint density at radius 2 is 1.72 bits per heavy atom. The van der Waals surface area contributed by atoms with E-state index in [0.29, 0.717) is 46.7 Å². The summed E-state index contributed by atoms with van der Waals surface area (Å²) >= 11 is 1.48. The maximum Gasteiger partial charge on any atom is 0.255 e. The van der Waals surface area contributed by atoms with Gasteiger partial charge in [-0.25, -0.2) is 13.4 Å². The van der Waals surface area contributed by atoms with Crippen LogP contribution in [0.15, 0.2) is 71.6 Å². The maximum atomic E-state index is 13.1. The molecule has 5 rings (SSSR count). The van der Waals surface area contributed by atoms with E-state index in [-0.39, 0.29) is 10.6 Å². The quantitative estimate of drug-likeness (QED) is 0.357. The standard InChI is InChI=1S/C27H27N3O4S2/c1-17-13-18(2)16-30(15-17)36(33,34)21-10-7-19(8-11-21)26(32)28-20-9-12-22(24(31)14-20)27-29-23-5-3-4-6-25(23)35-27/h3-12,14,17-18,31H,13,15-16H2,1-2H3,(H,28,32)/t17-,18-/m1/s1. The molecule has 1 aliphatic heterocycles. The lowest BCUT2D eigenvalue weighted by Gasteiger charge is -2.34. The van der Waals surface area contributed by atoms with Gasteiger partial charge in [0.2, 0.25) is 10.0 Å².